The van der Waals surface area contributed by atoms with Crippen molar-refractivity contribution >= 4 is 11.8 Å². The van der Waals surface area contributed by atoms with E-state index in [1.165, 1.54) is 37.7 Å². The Hall–Kier alpha value is -1.92. The number of rotatable bonds is 9. The maximum Gasteiger partial charge on any atom is 0.242 e. The van der Waals surface area contributed by atoms with Gasteiger partial charge in [-0.2, -0.15) is 0 Å². The minimum atomic E-state index is -0.385. The topological polar surface area (TPSA) is 78.7 Å². The van der Waals surface area contributed by atoms with Crippen LogP contribution in [-0.4, -0.2) is 66.4 Å². The first-order valence-electron chi connectivity index (χ1n) is 11.6. The molecule has 3 N–H and O–H groups in total. The molecule has 1 saturated carbocycles. The van der Waals surface area contributed by atoms with Crippen molar-refractivity contribution in [2.24, 2.45) is 11.7 Å². The number of hydrogen-bond donors (Lipinski definition) is 2. The van der Waals surface area contributed by atoms with Gasteiger partial charge in [-0.1, -0.05) is 49.6 Å². The Morgan fingerprint density at radius 2 is 1.90 bits per heavy atom. The van der Waals surface area contributed by atoms with Crippen molar-refractivity contribution in [3.63, 3.8) is 0 Å². The van der Waals surface area contributed by atoms with Gasteiger partial charge in [-0.05, 0) is 37.2 Å². The Bertz CT molecular complexity index is 675. The SMILES string of the molecule is CC(=O)N1CC(N(CCc2ccccc2)CC2CCCCC2)CC1C(=O)NCCN. The zero-order valence-corrected chi connectivity index (χ0v) is 18.4. The van der Waals surface area contributed by atoms with Crippen molar-refractivity contribution in [1.82, 2.24) is 15.1 Å². The second kappa shape index (κ2) is 11.5. The molecule has 0 radical (unpaired) electrons. The highest BCUT2D eigenvalue weighted by Gasteiger charge is 2.40. The lowest BCUT2D eigenvalue weighted by Crippen LogP contribution is -2.46. The van der Waals surface area contributed by atoms with Gasteiger partial charge >= 0.3 is 0 Å². The Balaban J connectivity index is 1.70. The highest BCUT2D eigenvalue weighted by Crippen LogP contribution is 2.28. The fourth-order valence-corrected chi connectivity index (χ4v) is 5.03. The van der Waals surface area contributed by atoms with Crippen molar-refractivity contribution in [2.45, 2.75) is 64.0 Å². The van der Waals surface area contributed by atoms with E-state index in [1.54, 1.807) is 11.8 Å². The highest BCUT2D eigenvalue weighted by atomic mass is 16.2. The molecule has 1 aliphatic heterocycles. The minimum Gasteiger partial charge on any atom is -0.353 e. The molecule has 6 nitrogen and oxygen atoms in total. The second-order valence-corrected chi connectivity index (χ2v) is 8.89. The second-order valence-electron chi connectivity index (χ2n) is 8.89. The van der Waals surface area contributed by atoms with Gasteiger partial charge in [0.1, 0.15) is 6.04 Å². The molecule has 2 atom stereocenters. The highest BCUT2D eigenvalue weighted by molar-refractivity contribution is 5.87. The maximum atomic E-state index is 12.7. The van der Waals surface area contributed by atoms with Crippen LogP contribution in [-0.2, 0) is 16.0 Å². The lowest BCUT2D eigenvalue weighted by molar-refractivity contribution is -0.136. The third-order valence-electron chi connectivity index (χ3n) is 6.69. The molecule has 1 heterocycles. The van der Waals surface area contributed by atoms with E-state index in [0.717, 1.165) is 25.4 Å². The largest absolute Gasteiger partial charge is 0.353 e. The number of nitrogens with one attached hydrogen (secondary N) is 1. The van der Waals surface area contributed by atoms with Crippen molar-refractivity contribution in [2.75, 3.05) is 32.7 Å². The molecule has 6 heteroatoms. The van der Waals surface area contributed by atoms with Gasteiger partial charge in [-0.25, -0.2) is 0 Å². The smallest absolute Gasteiger partial charge is 0.242 e. The van der Waals surface area contributed by atoms with Crippen molar-refractivity contribution in [3.8, 4) is 0 Å². The number of carbonyl (C=O) groups is 2. The van der Waals surface area contributed by atoms with E-state index >= 15 is 0 Å². The summed E-state index contributed by atoms with van der Waals surface area (Å²) in [6, 6.07) is 10.4. The van der Waals surface area contributed by atoms with Crippen molar-refractivity contribution in [1.29, 1.82) is 0 Å². The Labute approximate surface area is 181 Å². The van der Waals surface area contributed by atoms with Crippen LogP contribution < -0.4 is 11.1 Å². The number of nitrogens with two attached hydrogens (primary N) is 1. The molecular formula is C24H38N4O2. The monoisotopic (exact) mass is 414 g/mol. The molecule has 1 aromatic carbocycles. The van der Waals surface area contributed by atoms with E-state index in [0.29, 0.717) is 26.1 Å². The van der Waals surface area contributed by atoms with Gasteiger partial charge < -0.3 is 16.0 Å². The van der Waals surface area contributed by atoms with Crippen LogP contribution in [0, 0.1) is 5.92 Å². The fraction of sp³-hybridized carbons (Fsp3) is 0.667. The summed E-state index contributed by atoms with van der Waals surface area (Å²) in [4.78, 5) is 29.3. The molecule has 2 amide bonds. The number of nitrogens with zero attached hydrogens (tertiary/aromatic N) is 2. The van der Waals surface area contributed by atoms with Crippen LogP contribution in [0.3, 0.4) is 0 Å². The number of amides is 2. The normalized spacial score (nSPS) is 22.4. The van der Waals surface area contributed by atoms with E-state index in [2.05, 4.69) is 40.5 Å². The third kappa shape index (κ3) is 6.29. The van der Waals surface area contributed by atoms with Gasteiger partial charge in [-0.15, -0.1) is 0 Å². The van der Waals surface area contributed by atoms with E-state index in [9.17, 15) is 9.59 Å². The molecule has 2 aliphatic rings. The quantitative estimate of drug-likeness (QED) is 0.649. The standard InChI is InChI=1S/C24H38N4O2/c1-19(29)28-18-22(16-23(28)24(30)26-14-13-25)27(17-21-10-6-3-7-11-21)15-12-20-8-4-2-5-9-20/h2,4-5,8-9,21-23H,3,6-7,10-18,25H2,1H3,(H,26,30). The zero-order valence-electron chi connectivity index (χ0n) is 18.4. The lowest BCUT2D eigenvalue weighted by Gasteiger charge is -2.34. The molecule has 3 rings (SSSR count). The first-order chi connectivity index (χ1) is 14.6. The van der Waals surface area contributed by atoms with Crippen LogP contribution in [0.15, 0.2) is 30.3 Å². The Kier molecular flexibility index (Phi) is 8.70. The predicted octanol–water partition coefficient (Wildman–Crippen LogP) is 2.18. The number of carbonyl (C=O) groups excluding carboxylic acids is 2. The summed E-state index contributed by atoms with van der Waals surface area (Å²) >= 11 is 0. The molecule has 2 unspecified atom stereocenters. The molecule has 30 heavy (non-hydrogen) atoms. The molecular weight excluding hydrogens is 376 g/mol. The zero-order chi connectivity index (χ0) is 21.3. The first-order valence-corrected chi connectivity index (χ1v) is 11.6. The average Bonchev–Trinajstić information content (AvgIpc) is 3.22. The first kappa shape index (κ1) is 22.8. The molecule has 0 aromatic heterocycles. The average molecular weight is 415 g/mol. The van der Waals surface area contributed by atoms with Crippen molar-refractivity contribution < 1.29 is 9.59 Å². The van der Waals surface area contributed by atoms with E-state index in [4.69, 9.17) is 5.73 Å². The van der Waals surface area contributed by atoms with Crippen LogP contribution in [0.4, 0.5) is 0 Å². The summed E-state index contributed by atoms with van der Waals surface area (Å²) in [6.07, 6.45) is 8.30. The predicted molar refractivity (Wildman–Crippen MR) is 120 cm³/mol. The van der Waals surface area contributed by atoms with Crippen LogP contribution in [0.25, 0.3) is 0 Å². The maximum absolute atomic E-state index is 12.7. The van der Waals surface area contributed by atoms with Gasteiger partial charge in [-0.3, -0.25) is 14.5 Å². The number of benzene rings is 1. The van der Waals surface area contributed by atoms with Crippen molar-refractivity contribution in [3.05, 3.63) is 35.9 Å². The van der Waals surface area contributed by atoms with Gasteiger partial charge in [0, 0.05) is 45.7 Å². The Morgan fingerprint density at radius 1 is 1.17 bits per heavy atom. The van der Waals surface area contributed by atoms with Gasteiger partial charge in [0.25, 0.3) is 0 Å². The minimum absolute atomic E-state index is 0.0222. The fourth-order valence-electron chi connectivity index (χ4n) is 5.03. The van der Waals surface area contributed by atoms with Crippen LogP contribution in [0.5, 0.6) is 0 Å². The van der Waals surface area contributed by atoms with Crippen LogP contribution in [0.1, 0.15) is 51.0 Å². The number of hydrogen-bond acceptors (Lipinski definition) is 4. The molecule has 0 spiro atoms. The molecule has 2 fully saturated rings. The Morgan fingerprint density at radius 3 is 2.57 bits per heavy atom. The van der Waals surface area contributed by atoms with Gasteiger partial charge in [0.05, 0.1) is 0 Å². The molecule has 1 aliphatic carbocycles. The van der Waals surface area contributed by atoms with E-state index < -0.39 is 0 Å². The van der Waals surface area contributed by atoms with E-state index in [1.807, 2.05) is 0 Å². The summed E-state index contributed by atoms with van der Waals surface area (Å²) < 4.78 is 0. The lowest BCUT2D eigenvalue weighted by atomic mass is 9.88. The van der Waals surface area contributed by atoms with Crippen LogP contribution in [0.2, 0.25) is 0 Å². The molecule has 1 saturated heterocycles. The van der Waals surface area contributed by atoms with E-state index in [-0.39, 0.29) is 23.9 Å². The molecule has 0 bridgehead atoms. The molecule has 166 valence electrons. The number of likely N-dealkylation sites (tertiary alicyclic amines) is 1. The summed E-state index contributed by atoms with van der Waals surface area (Å²) in [5.74, 6) is 0.635. The van der Waals surface area contributed by atoms with Gasteiger partial charge in [0.2, 0.25) is 11.8 Å². The molecule has 1 aromatic rings. The third-order valence-corrected chi connectivity index (χ3v) is 6.69. The van der Waals surface area contributed by atoms with Gasteiger partial charge in [0.15, 0.2) is 0 Å². The summed E-state index contributed by atoms with van der Waals surface area (Å²) in [5.41, 5.74) is 6.88. The summed E-state index contributed by atoms with van der Waals surface area (Å²) in [5, 5.41) is 2.88. The van der Waals surface area contributed by atoms with Crippen LogP contribution >= 0.6 is 0 Å². The summed E-state index contributed by atoms with van der Waals surface area (Å²) in [7, 11) is 0. The summed E-state index contributed by atoms with van der Waals surface area (Å²) in [6.45, 7) is 5.10.